The standard InChI is InChI=1S/C22H26N2O2/c1-26-21(25)24-13-12-22(10-11-22)20(23)19(24)15-16-6-5-9-18(14-16)17-7-3-2-4-8-17/h2-9,14,19-20H,10-13,15,23H2,1H3. The molecule has 1 saturated heterocycles. The Morgan fingerprint density at radius 3 is 2.54 bits per heavy atom. The van der Waals surface area contributed by atoms with Crippen molar-refractivity contribution in [1.29, 1.82) is 0 Å². The molecule has 2 aromatic rings. The Kier molecular flexibility index (Phi) is 4.45. The number of ether oxygens (including phenoxy) is 1. The smallest absolute Gasteiger partial charge is 0.409 e. The van der Waals surface area contributed by atoms with E-state index in [9.17, 15) is 4.79 Å². The second-order valence-electron chi connectivity index (χ2n) is 7.64. The molecule has 0 aromatic heterocycles. The van der Waals surface area contributed by atoms with Crippen molar-refractivity contribution in [2.75, 3.05) is 13.7 Å². The molecule has 1 aliphatic carbocycles. The number of benzene rings is 2. The van der Waals surface area contributed by atoms with Crippen molar-refractivity contribution in [2.45, 2.75) is 37.8 Å². The molecule has 4 nitrogen and oxygen atoms in total. The molecule has 2 N–H and O–H groups in total. The second kappa shape index (κ2) is 6.76. The summed E-state index contributed by atoms with van der Waals surface area (Å²) in [4.78, 5) is 14.1. The lowest BCUT2D eigenvalue weighted by Crippen LogP contribution is -2.59. The van der Waals surface area contributed by atoms with E-state index < -0.39 is 0 Å². The maximum absolute atomic E-state index is 12.3. The van der Waals surface area contributed by atoms with Gasteiger partial charge in [0.25, 0.3) is 0 Å². The molecule has 4 rings (SSSR count). The Balaban J connectivity index is 1.60. The lowest BCUT2D eigenvalue weighted by Gasteiger charge is -2.44. The molecule has 26 heavy (non-hydrogen) atoms. The van der Waals surface area contributed by atoms with Crippen LogP contribution in [-0.4, -0.2) is 36.7 Å². The van der Waals surface area contributed by atoms with Crippen molar-refractivity contribution in [3.63, 3.8) is 0 Å². The Bertz CT molecular complexity index is 786. The normalized spacial score (nSPS) is 23.7. The van der Waals surface area contributed by atoms with Crippen LogP contribution >= 0.6 is 0 Å². The molecule has 1 spiro atoms. The summed E-state index contributed by atoms with van der Waals surface area (Å²) >= 11 is 0. The molecule has 2 aliphatic rings. The molecule has 1 heterocycles. The van der Waals surface area contributed by atoms with Gasteiger partial charge in [-0.15, -0.1) is 0 Å². The quantitative estimate of drug-likeness (QED) is 0.915. The topological polar surface area (TPSA) is 55.6 Å². The van der Waals surface area contributed by atoms with E-state index in [0.717, 1.165) is 19.4 Å². The summed E-state index contributed by atoms with van der Waals surface area (Å²) < 4.78 is 5.02. The highest BCUT2D eigenvalue weighted by Crippen LogP contribution is 2.54. The van der Waals surface area contributed by atoms with Crippen LogP contribution in [0.3, 0.4) is 0 Å². The summed E-state index contributed by atoms with van der Waals surface area (Å²) in [5, 5.41) is 0. The first-order valence-electron chi connectivity index (χ1n) is 9.37. The highest BCUT2D eigenvalue weighted by molar-refractivity contribution is 5.68. The fraction of sp³-hybridized carbons (Fsp3) is 0.409. The van der Waals surface area contributed by atoms with E-state index >= 15 is 0 Å². The van der Waals surface area contributed by atoms with Crippen LogP contribution in [0.25, 0.3) is 11.1 Å². The summed E-state index contributed by atoms with van der Waals surface area (Å²) in [5.74, 6) is 0. The van der Waals surface area contributed by atoms with E-state index in [2.05, 4.69) is 48.5 Å². The minimum Gasteiger partial charge on any atom is -0.453 e. The van der Waals surface area contributed by atoms with Crippen LogP contribution in [0.4, 0.5) is 4.79 Å². The molecular formula is C22H26N2O2. The molecule has 1 saturated carbocycles. The molecular weight excluding hydrogens is 324 g/mol. The first kappa shape index (κ1) is 17.1. The molecule has 4 heteroatoms. The SMILES string of the molecule is COC(=O)N1CCC2(CC2)C(N)C1Cc1cccc(-c2ccccc2)c1. The Morgan fingerprint density at radius 2 is 1.85 bits per heavy atom. The Morgan fingerprint density at radius 1 is 1.12 bits per heavy atom. The van der Waals surface area contributed by atoms with E-state index in [-0.39, 0.29) is 23.6 Å². The highest BCUT2D eigenvalue weighted by Gasteiger charge is 2.55. The minimum absolute atomic E-state index is 0.00952. The van der Waals surface area contributed by atoms with Gasteiger partial charge < -0.3 is 15.4 Å². The van der Waals surface area contributed by atoms with Crippen LogP contribution in [0.2, 0.25) is 0 Å². The summed E-state index contributed by atoms with van der Waals surface area (Å²) in [7, 11) is 1.45. The minimum atomic E-state index is -0.264. The van der Waals surface area contributed by atoms with E-state index in [4.69, 9.17) is 10.5 Å². The maximum atomic E-state index is 12.3. The Labute approximate surface area is 155 Å². The fourth-order valence-corrected chi connectivity index (χ4v) is 4.35. The van der Waals surface area contributed by atoms with Crippen LogP contribution in [0, 0.1) is 5.41 Å². The summed E-state index contributed by atoms with van der Waals surface area (Å²) in [6, 6.07) is 18.9. The van der Waals surface area contributed by atoms with Gasteiger partial charge in [0.05, 0.1) is 13.2 Å². The zero-order valence-electron chi connectivity index (χ0n) is 15.2. The predicted octanol–water partition coefficient (Wildman–Crippen LogP) is 3.84. The largest absolute Gasteiger partial charge is 0.453 e. The molecule has 2 unspecified atom stereocenters. The van der Waals surface area contributed by atoms with Gasteiger partial charge in [0.15, 0.2) is 0 Å². The number of carbonyl (C=O) groups is 1. The number of likely N-dealkylation sites (tertiary alicyclic amines) is 1. The first-order valence-corrected chi connectivity index (χ1v) is 9.37. The van der Waals surface area contributed by atoms with Crippen molar-refractivity contribution in [3.05, 3.63) is 60.2 Å². The van der Waals surface area contributed by atoms with E-state index in [1.807, 2.05) is 11.0 Å². The molecule has 2 aromatic carbocycles. The predicted molar refractivity (Wildman–Crippen MR) is 103 cm³/mol. The van der Waals surface area contributed by atoms with Crippen molar-refractivity contribution in [3.8, 4) is 11.1 Å². The molecule has 2 atom stereocenters. The van der Waals surface area contributed by atoms with Crippen LogP contribution in [-0.2, 0) is 11.2 Å². The number of rotatable bonds is 3. The average Bonchev–Trinajstić information content (AvgIpc) is 3.47. The monoisotopic (exact) mass is 350 g/mol. The molecule has 1 amide bonds. The number of nitrogens with two attached hydrogens (primary N) is 1. The van der Waals surface area contributed by atoms with E-state index in [1.165, 1.54) is 36.6 Å². The van der Waals surface area contributed by atoms with Gasteiger partial charge in [-0.3, -0.25) is 0 Å². The number of hydrogen-bond acceptors (Lipinski definition) is 3. The molecule has 1 aliphatic heterocycles. The van der Waals surface area contributed by atoms with E-state index in [1.54, 1.807) is 0 Å². The number of methoxy groups -OCH3 is 1. The first-order chi connectivity index (χ1) is 12.6. The zero-order valence-corrected chi connectivity index (χ0v) is 15.2. The second-order valence-corrected chi connectivity index (χ2v) is 7.64. The number of hydrogen-bond donors (Lipinski definition) is 1. The fourth-order valence-electron chi connectivity index (χ4n) is 4.35. The van der Waals surface area contributed by atoms with Gasteiger partial charge >= 0.3 is 6.09 Å². The van der Waals surface area contributed by atoms with Gasteiger partial charge in [-0.1, -0.05) is 54.6 Å². The van der Waals surface area contributed by atoms with Crippen molar-refractivity contribution >= 4 is 6.09 Å². The number of amides is 1. The zero-order chi connectivity index (χ0) is 18.1. The number of piperidine rings is 1. The third kappa shape index (κ3) is 3.10. The third-order valence-corrected chi connectivity index (χ3v) is 6.15. The van der Waals surface area contributed by atoms with Gasteiger partial charge in [0.1, 0.15) is 0 Å². The summed E-state index contributed by atoms with van der Waals surface area (Å²) in [5.41, 5.74) is 10.5. The van der Waals surface area contributed by atoms with Crippen molar-refractivity contribution in [1.82, 2.24) is 4.90 Å². The van der Waals surface area contributed by atoms with Crippen LogP contribution in [0.15, 0.2) is 54.6 Å². The lowest BCUT2D eigenvalue weighted by molar-refractivity contribution is 0.0579. The molecule has 2 fully saturated rings. The summed E-state index contributed by atoms with van der Waals surface area (Å²) in [6.07, 6.45) is 3.86. The van der Waals surface area contributed by atoms with Gasteiger partial charge in [0, 0.05) is 12.6 Å². The van der Waals surface area contributed by atoms with Crippen molar-refractivity contribution < 1.29 is 9.53 Å². The molecule has 0 radical (unpaired) electrons. The Hall–Kier alpha value is -2.33. The number of nitrogens with zero attached hydrogens (tertiary/aromatic N) is 1. The maximum Gasteiger partial charge on any atom is 0.409 e. The third-order valence-electron chi connectivity index (χ3n) is 6.15. The van der Waals surface area contributed by atoms with Crippen LogP contribution < -0.4 is 5.73 Å². The highest BCUT2D eigenvalue weighted by atomic mass is 16.5. The molecule has 136 valence electrons. The van der Waals surface area contributed by atoms with Gasteiger partial charge in [-0.25, -0.2) is 4.79 Å². The van der Waals surface area contributed by atoms with Gasteiger partial charge in [0.2, 0.25) is 0 Å². The average molecular weight is 350 g/mol. The lowest BCUT2D eigenvalue weighted by atomic mass is 9.80. The van der Waals surface area contributed by atoms with Gasteiger partial charge in [-0.05, 0) is 47.8 Å². The number of carbonyl (C=O) groups excluding carboxylic acids is 1. The summed E-state index contributed by atoms with van der Waals surface area (Å²) in [6.45, 7) is 0.739. The van der Waals surface area contributed by atoms with Crippen LogP contribution in [0.5, 0.6) is 0 Å². The van der Waals surface area contributed by atoms with Crippen LogP contribution in [0.1, 0.15) is 24.8 Å². The molecule has 0 bridgehead atoms. The van der Waals surface area contributed by atoms with Crippen molar-refractivity contribution in [2.24, 2.45) is 11.1 Å². The van der Waals surface area contributed by atoms with E-state index in [0.29, 0.717) is 0 Å². The van der Waals surface area contributed by atoms with Gasteiger partial charge in [-0.2, -0.15) is 0 Å².